The molecule has 1 atom stereocenters. The van der Waals surface area contributed by atoms with Crippen molar-refractivity contribution >= 4 is 0 Å². The molecular weight excluding hydrogens is 130 g/mol. The number of rotatable bonds is 4. The van der Waals surface area contributed by atoms with Crippen LogP contribution in [0.25, 0.3) is 0 Å². The van der Waals surface area contributed by atoms with Crippen LogP contribution >= 0.6 is 0 Å². The zero-order chi connectivity index (χ0) is 7.23. The van der Waals surface area contributed by atoms with Gasteiger partial charge in [0.25, 0.3) is 0 Å². The zero-order valence-corrected chi connectivity index (χ0v) is 6.21. The van der Waals surface area contributed by atoms with E-state index in [1.165, 1.54) is 6.42 Å². The minimum absolute atomic E-state index is 0.339. The molecule has 10 heavy (non-hydrogen) atoms. The average Bonchev–Trinajstić information content (AvgIpc) is 2.41. The lowest BCUT2D eigenvalue weighted by Crippen LogP contribution is -2.17. The lowest BCUT2D eigenvalue weighted by molar-refractivity contribution is 0.0199. The molecule has 3 heteroatoms. The van der Waals surface area contributed by atoms with Gasteiger partial charge in [-0.2, -0.15) is 0 Å². The highest BCUT2D eigenvalue weighted by molar-refractivity contribution is 4.63. The Kier molecular flexibility index (Phi) is 3.72. The maximum Gasteiger partial charge on any atom is 0.0809 e. The summed E-state index contributed by atoms with van der Waals surface area (Å²) in [6.07, 6.45) is 2.66. The Labute approximate surface area is 61.5 Å². The molecule has 0 amide bonds. The zero-order valence-electron chi connectivity index (χ0n) is 6.21. The van der Waals surface area contributed by atoms with Gasteiger partial charge in [-0.05, 0) is 12.8 Å². The predicted molar refractivity (Wildman–Crippen MR) is 38.8 cm³/mol. The summed E-state index contributed by atoms with van der Waals surface area (Å²) in [5.41, 5.74) is 5.25. The molecule has 1 aliphatic rings. The molecule has 0 radical (unpaired) electrons. The van der Waals surface area contributed by atoms with Crippen molar-refractivity contribution in [2.75, 3.05) is 26.4 Å². The molecule has 0 spiro atoms. The van der Waals surface area contributed by atoms with E-state index in [9.17, 15) is 0 Å². The number of ether oxygens (including phenoxy) is 2. The lowest BCUT2D eigenvalue weighted by Gasteiger charge is -2.08. The lowest BCUT2D eigenvalue weighted by atomic mass is 10.2. The molecule has 0 aliphatic carbocycles. The highest BCUT2D eigenvalue weighted by Crippen LogP contribution is 2.11. The van der Waals surface area contributed by atoms with Crippen LogP contribution in [0.1, 0.15) is 12.8 Å². The van der Waals surface area contributed by atoms with Crippen LogP contribution in [0.3, 0.4) is 0 Å². The highest BCUT2D eigenvalue weighted by atomic mass is 16.5. The van der Waals surface area contributed by atoms with Gasteiger partial charge in [0, 0.05) is 13.2 Å². The fourth-order valence-electron chi connectivity index (χ4n) is 1.07. The van der Waals surface area contributed by atoms with Crippen molar-refractivity contribution in [1.82, 2.24) is 0 Å². The van der Waals surface area contributed by atoms with Gasteiger partial charge in [-0.3, -0.25) is 0 Å². The van der Waals surface area contributed by atoms with Gasteiger partial charge in [0.1, 0.15) is 0 Å². The average molecular weight is 145 g/mol. The van der Waals surface area contributed by atoms with Crippen LogP contribution in [-0.2, 0) is 9.47 Å². The Hall–Kier alpha value is -0.120. The van der Waals surface area contributed by atoms with Crippen molar-refractivity contribution in [3.8, 4) is 0 Å². The maximum absolute atomic E-state index is 5.33. The summed E-state index contributed by atoms with van der Waals surface area (Å²) in [6.45, 7) is 2.88. The van der Waals surface area contributed by atoms with E-state index in [1.807, 2.05) is 0 Å². The van der Waals surface area contributed by atoms with Gasteiger partial charge >= 0.3 is 0 Å². The van der Waals surface area contributed by atoms with E-state index in [4.69, 9.17) is 15.2 Å². The molecular formula is C7H15NO2. The molecule has 0 aromatic heterocycles. The summed E-state index contributed by atoms with van der Waals surface area (Å²) in [5, 5.41) is 0. The third-order valence-corrected chi connectivity index (χ3v) is 1.59. The quantitative estimate of drug-likeness (QED) is 0.572. The van der Waals surface area contributed by atoms with Crippen molar-refractivity contribution in [3.05, 3.63) is 0 Å². The van der Waals surface area contributed by atoms with Gasteiger partial charge in [0.05, 0.1) is 19.3 Å². The van der Waals surface area contributed by atoms with E-state index in [2.05, 4.69) is 0 Å². The topological polar surface area (TPSA) is 44.5 Å². The molecule has 1 unspecified atom stereocenters. The summed E-state index contributed by atoms with van der Waals surface area (Å²) in [7, 11) is 0. The minimum atomic E-state index is 0.339. The van der Waals surface area contributed by atoms with Gasteiger partial charge in [-0.1, -0.05) is 0 Å². The number of hydrogen-bond acceptors (Lipinski definition) is 3. The summed E-state index contributed by atoms with van der Waals surface area (Å²) in [4.78, 5) is 0. The number of hydrogen-bond donors (Lipinski definition) is 1. The van der Waals surface area contributed by atoms with Crippen molar-refractivity contribution < 1.29 is 9.47 Å². The molecule has 0 saturated carbocycles. The Bertz CT molecular complexity index is 81.7. The molecule has 0 bridgehead atoms. The van der Waals surface area contributed by atoms with Crippen molar-refractivity contribution in [2.45, 2.75) is 18.9 Å². The van der Waals surface area contributed by atoms with Crippen LogP contribution in [-0.4, -0.2) is 32.5 Å². The molecule has 0 aromatic rings. The molecule has 60 valence electrons. The van der Waals surface area contributed by atoms with Crippen LogP contribution in [0.15, 0.2) is 0 Å². The molecule has 1 aliphatic heterocycles. The largest absolute Gasteiger partial charge is 0.377 e. The van der Waals surface area contributed by atoms with Crippen LogP contribution in [0.4, 0.5) is 0 Å². The molecule has 2 N–H and O–H groups in total. The van der Waals surface area contributed by atoms with Gasteiger partial charge in [0.2, 0.25) is 0 Å². The second kappa shape index (κ2) is 4.66. The first-order valence-corrected chi connectivity index (χ1v) is 3.83. The fourth-order valence-corrected chi connectivity index (χ4v) is 1.07. The Morgan fingerprint density at radius 3 is 3.10 bits per heavy atom. The second-order valence-corrected chi connectivity index (χ2v) is 2.50. The third kappa shape index (κ3) is 2.64. The number of nitrogens with two attached hydrogens (primary N) is 1. The van der Waals surface area contributed by atoms with Crippen LogP contribution in [0, 0.1) is 0 Å². The Morgan fingerprint density at radius 2 is 2.50 bits per heavy atom. The van der Waals surface area contributed by atoms with Crippen LogP contribution < -0.4 is 5.73 Å². The first-order valence-electron chi connectivity index (χ1n) is 3.83. The minimum Gasteiger partial charge on any atom is -0.377 e. The van der Waals surface area contributed by atoms with Gasteiger partial charge in [0.15, 0.2) is 0 Å². The normalized spacial score (nSPS) is 25.5. The molecule has 1 fully saturated rings. The first-order chi connectivity index (χ1) is 4.93. The summed E-state index contributed by atoms with van der Waals surface area (Å²) in [5.74, 6) is 0. The fraction of sp³-hybridized carbons (Fsp3) is 1.00. The van der Waals surface area contributed by atoms with E-state index in [-0.39, 0.29) is 0 Å². The van der Waals surface area contributed by atoms with E-state index in [1.54, 1.807) is 0 Å². The van der Waals surface area contributed by atoms with Gasteiger partial charge in [-0.25, -0.2) is 0 Å². The Morgan fingerprint density at radius 1 is 1.60 bits per heavy atom. The van der Waals surface area contributed by atoms with E-state index in [0.29, 0.717) is 19.3 Å². The van der Waals surface area contributed by atoms with Crippen LogP contribution in [0.5, 0.6) is 0 Å². The van der Waals surface area contributed by atoms with Crippen molar-refractivity contribution in [3.63, 3.8) is 0 Å². The second-order valence-electron chi connectivity index (χ2n) is 2.50. The molecule has 1 heterocycles. The molecule has 1 rings (SSSR count). The molecule has 1 saturated heterocycles. The molecule has 0 aromatic carbocycles. The standard InChI is InChI=1S/C7H15NO2/c8-3-5-9-6-7-2-1-4-10-7/h7H,1-6,8H2. The smallest absolute Gasteiger partial charge is 0.0809 e. The summed E-state index contributed by atoms with van der Waals surface area (Å²) < 4.78 is 10.6. The van der Waals surface area contributed by atoms with E-state index >= 15 is 0 Å². The summed E-state index contributed by atoms with van der Waals surface area (Å²) in [6, 6.07) is 0. The SMILES string of the molecule is NCCOCC1CCCO1. The first kappa shape index (κ1) is 7.98. The van der Waals surface area contributed by atoms with Crippen molar-refractivity contribution in [1.29, 1.82) is 0 Å². The van der Waals surface area contributed by atoms with Crippen molar-refractivity contribution in [2.24, 2.45) is 5.73 Å². The van der Waals surface area contributed by atoms with Gasteiger partial charge in [-0.15, -0.1) is 0 Å². The van der Waals surface area contributed by atoms with Crippen LogP contribution in [0.2, 0.25) is 0 Å². The Balaban J connectivity index is 1.91. The monoisotopic (exact) mass is 145 g/mol. The predicted octanol–water partition coefficient (Wildman–Crippen LogP) is 0.141. The highest BCUT2D eigenvalue weighted by Gasteiger charge is 2.14. The summed E-state index contributed by atoms with van der Waals surface area (Å²) >= 11 is 0. The van der Waals surface area contributed by atoms with E-state index < -0.39 is 0 Å². The maximum atomic E-state index is 5.33. The van der Waals surface area contributed by atoms with Gasteiger partial charge < -0.3 is 15.2 Å². The van der Waals surface area contributed by atoms with E-state index in [0.717, 1.165) is 19.6 Å². The molecule has 3 nitrogen and oxygen atoms in total. The third-order valence-electron chi connectivity index (χ3n) is 1.59.